The van der Waals surface area contributed by atoms with Crippen molar-refractivity contribution in [3.63, 3.8) is 0 Å². The molecule has 116 valence electrons. The molecule has 22 heavy (non-hydrogen) atoms. The number of ether oxygens (including phenoxy) is 1. The lowest BCUT2D eigenvalue weighted by molar-refractivity contribution is -0.0465. The smallest absolute Gasteiger partial charge is 0.173 e. The van der Waals surface area contributed by atoms with Gasteiger partial charge >= 0.3 is 0 Å². The van der Waals surface area contributed by atoms with Crippen LogP contribution in [0.15, 0.2) is 10.9 Å². The highest BCUT2D eigenvalue weighted by Crippen LogP contribution is 2.40. The highest BCUT2D eigenvalue weighted by Gasteiger charge is 2.46. The van der Waals surface area contributed by atoms with Gasteiger partial charge in [0.2, 0.25) is 0 Å². The van der Waals surface area contributed by atoms with E-state index in [2.05, 4.69) is 25.9 Å². The molecule has 1 fully saturated rings. The average molecular weight is 372 g/mol. The molecule has 4 N–H and O–H groups in total. The summed E-state index contributed by atoms with van der Waals surface area (Å²) in [5.41, 5.74) is 6.12. The molecule has 4 atom stereocenters. The molecule has 0 radical (unpaired) electrons. The van der Waals surface area contributed by atoms with Crippen molar-refractivity contribution in [3.05, 3.63) is 16.5 Å². The summed E-state index contributed by atoms with van der Waals surface area (Å²) in [5.74, 6) is 0.0775. The number of aliphatic hydroxyl groups excluding tert-OH is 2. The summed E-state index contributed by atoms with van der Waals surface area (Å²) in [4.78, 5) is 7.85. The number of aromatic nitrogens is 3. The van der Waals surface area contributed by atoms with Gasteiger partial charge in [-0.05, 0) is 15.9 Å². The number of hydrogen-bond acceptors (Lipinski definition) is 7. The molecule has 0 unspecified atom stereocenters. The van der Waals surface area contributed by atoms with Crippen molar-refractivity contribution in [1.82, 2.24) is 14.5 Å². The Morgan fingerprint density at radius 3 is 2.86 bits per heavy atom. The molecule has 0 aromatic carbocycles. The van der Waals surface area contributed by atoms with Gasteiger partial charge in [-0.1, -0.05) is 0 Å². The first-order chi connectivity index (χ1) is 10.5. The van der Waals surface area contributed by atoms with Crippen LogP contribution in [0.2, 0.25) is 0 Å². The fraction of sp³-hybridized carbons (Fsp3) is 0.417. The molecule has 0 bridgehead atoms. The topological polar surface area (TPSA) is 130 Å². The van der Waals surface area contributed by atoms with Crippen molar-refractivity contribution in [2.24, 2.45) is 0 Å². The molecule has 2 aromatic rings. The Labute approximate surface area is 132 Å². The summed E-state index contributed by atoms with van der Waals surface area (Å²) in [6.07, 6.45) is -4.41. The number of nitrogens with two attached hydrogens (primary N) is 1. The highest BCUT2D eigenvalue weighted by atomic mass is 79.9. The van der Waals surface area contributed by atoms with Gasteiger partial charge in [-0.2, -0.15) is 5.26 Å². The summed E-state index contributed by atoms with van der Waals surface area (Å²) in [6, 6.07) is 1.96. The fourth-order valence-corrected chi connectivity index (χ4v) is 3.18. The Morgan fingerprint density at radius 1 is 1.55 bits per heavy atom. The molecule has 3 heterocycles. The predicted molar refractivity (Wildman–Crippen MR) is 76.3 cm³/mol. The quantitative estimate of drug-likeness (QED) is 0.688. The summed E-state index contributed by atoms with van der Waals surface area (Å²) >= 11 is 3.21. The van der Waals surface area contributed by atoms with Gasteiger partial charge in [0.25, 0.3) is 0 Å². The number of hydrogen-bond donors (Lipinski definition) is 3. The van der Waals surface area contributed by atoms with Gasteiger partial charge in [0, 0.05) is 0 Å². The molecule has 10 heteroatoms. The van der Waals surface area contributed by atoms with Gasteiger partial charge in [-0.25, -0.2) is 14.4 Å². The Hall–Kier alpha value is -1.80. The average Bonchev–Trinajstić information content (AvgIpc) is 2.95. The zero-order valence-electron chi connectivity index (χ0n) is 11.0. The fourth-order valence-electron chi connectivity index (χ4n) is 2.53. The number of halogens is 2. The van der Waals surface area contributed by atoms with E-state index < -0.39 is 31.2 Å². The molecule has 0 spiro atoms. The number of alkyl halides is 1. The summed E-state index contributed by atoms with van der Waals surface area (Å²) < 4.78 is 21.2. The Bertz CT molecular complexity index is 776. The van der Waals surface area contributed by atoms with Crippen molar-refractivity contribution >= 4 is 32.8 Å². The third kappa shape index (κ3) is 1.98. The van der Waals surface area contributed by atoms with E-state index in [-0.39, 0.29) is 27.0 Å². The first-order valence-corrected chi connectivity index (χ1v) is 7.09. The maximum atomic E-state index is 14.3. The van der Waals surface area contributed by atoms with Crippen LogP contribution in [0.3, 0.4) is 0 Å². The van der Waals surface area contributed by atoms with Gasteiger partial charge < -0.3 is 20.7 Å². The number of nitriles is 1. The monoisotopic (exact) mass is 371 g/mol. The zero-order valence-corrected chi connectivity index (χ0v) is 12.6. The number of nitrogens with zero attached hydrogens (tertiary/aromatic N) is 4. The summed E-state index contributed by atoms with van der Waals surface area (Å²) in [5, 5.41) is 28.4. The molecule has 0 saturated carbocycles. The molecule has 8 nitrogen and oxygen atoms in total. The van der Waals surface area contributed by atoms with E-state index in [4.69, 9.17) is 15.6 Å². The van der Waals surface area contributed by atoms with Crippen molar-refractivity contribution in [2.75, 3.05) is 12.3 Å². The standard InChI is InChI=1S/C12H11BrFN5O3/c13-9-4(1-15)6-10(16)17-3-18-11(6)19(9)12-7(14)8(21)5(2-20)22-12/h3,5,7-8,12,20-21H,2H2,(H2,16,17,18)/t5-,7+,8-,12-/m1/s1. The lowest BCUT2D eigenvalue weighted by Gasteiger charge is -2.17. The number of anilines is 1. The largest absolute Gasteiger partial charge is 0.394 e. The van der Waals surface area contributed by atoms with E-state index in [1.165, 1.54) is 10.9 Å². The zero-order chi connectivity index (χ0) is 16.0. The Kier molecular flexibility index (Phi) is 3.73. The van der Waals surface area contributed by atoms with E-state index >= 15 is 0 Å². The van der Waals surface area contributed by atoms with E-state index in [0.29, 0.717) is 0 Å². The van der Waals surface area contributed by atoms with E-state index in [1.54, 1.807) is 0 Å². The molecule has 3 rings (SSSR count). The molecule has 1 aliphatic rings. The van der Waals surface area contributed by atoms with Gasteiger partial charge in [-0.15, -0.1) is 0 Å². The first-order valence-electron chi connectivity index (χ1n) is 6.29. The minimum Gasteiger partial charge on any atom is -0.394 e. The van der Waals surface area contributed by atoms with Gasteiger partial charge in [-0.3, -0.25) is 4.57 Å². The second-order valence-electron chi connectivity index (χ2n) is 4.79. The SMILES string of the molecule is N#Cc1c(Br)n([C@@H]2O[C@H](CO)[C@@H](O)[C@@H]2F)c2ncnc(N)c12. The van der Waals surface area contributed by atoms with Crippen LogP contribution in [0.5, 0.6) is 0 Å². The van der Waals surface area contributed by atoms with E-state index in [9.17, 15) is 14.8 Å². The van der Waals surface area contributed by atoms with E-state index in [0.717, 1.165) is 0 Å². The summed E-state index contributed by atoms with van der Waals surface area (Å²) in [6.45, 7) is -0.531. The first kappa shape index (κ1) is 15.1. The second-order valence-corrected chi connectivity index (χ2v) is 5.54. The second kappa shape index (κ2) is 5.44. The molecule has 0 amide bonds. The van der Waals surface area contributed by atoms with Gasteiger partial charge in [0.1, 0.15) is 40.7 Å². The van der Waals surface area contributed by atoms with Crippen LogP contribution >= 0.6 is 15.9 Å². The van der Waals surface area contributed by atoms with Crippen molar-refractivity contribution in [3.8, 4) is 6.07 Å². The number of nitrogen functional groups attached to an aromatic ring is 1. The number of rotatable bonds is 2. The Balaban J connectivity index is 2.23. The summed E-state index contributed by atoms with van der Waals surface area (Å²) in [7, 11) is 0. The predicted octanol–water partition coefficient (Wildman–Crippen LogP) is 0.236. The minimum atomic E-state index is -1.80. The van der Waals surface area contributed by atoms with Crippen LogP contribution in [0.4, 0.5) is 10.2 Å². The van der Waals surface area contributed by atoms with Crippen LogP contribution in [-0.2, 0) is 4.74 Å². The minimum absolute atomic E-state index is 0.0775. The van der Waals surface area contributed by atoms with Crippen molar-refractivity contribution in [1.29, 1.82) is 5.26 Å². The van der Waals surface area contributed by atoms with Gasteiger partial charge in [0.05, 0.1) is 17.6 Å². The number of fused-ring (bicyclic) bond motifs is 1. The van der Waals surface area contributed by atoms with Crippen LogP contribution < -0.4 is 5.73 Å². The molecule has 1 saturated heterocycles. The van der Waals surface area contributed by atoms with Crippen LogP contribution in [-0.4, -0.2) is 49.7 Å². The maximum absolute atomic E-state index is 14.3. The van der Waals surface area contributed by atoms with E-state index in [1.807, 2.05) is 6.07 Å². The van der Waals surface area contributed by atoms with Crippen molar-refractivity contribution in [2.45, 2.75) is 24.6 Å². The molecule has 0 aliphatic carbocycles. The van der Waals surface area contributed by atoms with Crippen LogP contribution in [0.25, 0.3) is 11.0 Å². The lowest BCUT2D eigenvalue weighted by Crippen LogP contribution is -2.30. The lowest BCUT2D eigenvalue weighted by atomic mass is 10.1. The maximum Gasteiger partial charge on any atom is 0.173 e. The molecule has 1 aliphatic heterocycles. The number of aliphatic hydroxyl groups is 2. The van der Waals surface area contributed by atoms with Gasteiger partial charge in [0.15, 0.2) is 12.4 Å². The van der Waals surface area contributed by atoms with Crippen molar-refractivity contribution < 1.29 is 19.3 Å². The van der Waals surface area contributed by atoms with Crippen LogP contribution in [0.1, 0.15) is 11.8 Å². The Morgan fingerprint density at radius 2 is 2.27 bits per heavy atom. The third-order valence-electron chi connectivity index (χ3n) is 3.59. The normalized spacial score (nSPS) is 28.1. The highest BCUT2D eigenvalue weighted by molar-refractivity contribution is 9.10. The molecular weight excluding hydrogens is 361 g/mol. The molecular formula is C12H11BrFN5O3. The molecule has 2 aromatic heterocycles. The van der Waals surface area contributed by atoms with Crippen LogP contribution in [0, 0.1) is 11.3 Å². The third-order valence-corrected chi connectivity index (χ3v) is 4.37.